The summed E-state index contributed by atoms with van der Waals surface area (Å²) in [6.45, 7) is 3.73. The van der Waals surface area contributed by atoms with Crippen LogP contribution in [0.15, 0.2) is 46.9 Å². The highest BCUT2D eigenvalue weighted by atomic mass is 79.9. The summed E-state index contributed by atoms with van der Waals surface area (Å²) in [6.07, 6.45) is 0. The van der Waals surface area contributed by atoms with Gasteiger partial charge in [0.15, 0.2) is 0 Å². The lowest BCUT2D eigenvalue weighted by Gasteiger charge is -2.21. The molecule has 0 bridgehead atoms. The van der Waals surface area contributed by atoms with Crippen LogP contribution in [0.4, 0.5) is 8.78 Å². The van der Waals surface area contributed by atoms with Gasteiger partial charge in [0.1, 0.15) is 11.6 Å². The summed E-state index contributed by atoms with van der Waals surface area (Å²) < 4.78 is 28.4. The third-order valence-corrected chi connectivity index (χ3v) is 3.77. The van der Waals surface area contributed by atoms with Gasteiger partial charge < -0.3 is 5.32 Å². The first-order valence-electron chi connectivity index (χ1n) is 6.44. The SMILES string of the molecule is CC(N[C@@H](C)c1cccc(Br)c1)c1c(F)cccc1F. The molecule has 2 aromatic carbocycles. The molecule has 2 atom stereocenters. The normalized spacial score (nSPS) is 14.1. The molecule has 4 heteroatoms. The summed E-state index contributed by atoms with van der Waals surface area (Å²) in [5.74, 6) is -1.04. The molecule has 1 nitrogen and oxygen atoms in total. The monoisotopic (exact) mass is 339 g/mol. The number of hydrogen-bond acceptors (Lipinski definition) is 1. The predicted octanol–water partition coefficient (Wildman–Crippen LogP) is 5.14. The van der Waals surface area contributed by atoms with Crippen LogP contribution in [0.25, 0.3) is 0 Å². The van der Waals surface area contributed by atoms with Gasteiger partial charge in [-0.05, 0) is 43.7 Å². The molecule has 106 valence electrons. The molecule has 0 saturated carbocycles. The van der Waals surface area contributed by atoms with Crippen LogP contribution in [0.2, 0.25) is 0 Å². The van der Waals surface area contributed by atoms with Crippen molar-refractivity contribution in [2.45, 2.75) is 25.9 Å². The van der Waals surface area contributed by atoms with Crippen molar-refractivity contribution in [2.24, 2.45) is 0 Å². The smallest absolute Gasteiger partial charge is 0.130 e. The zero-order chi connectivity index (χ0) is 14.7. The highest BCUT2D eigenvalue weighted by molar-refractivity contribution is 9.10. The van der Waals surface area contributed by atoms with Crippen LogP contribution in [0.3, 0.4) is 0 Å². The van der Waals surface area contributed by atoms with Crippen molar-refractivity contribution in [2.75, 3.05) is 0 Å². The summed E-state index contributed by atoms with van der Waals surface area (Å²) in [6, 6.07) is 11.3. The standard InChI is InChI=1S/C16H16BrF2N/c1-10(12-5-3-6-13(17)9-12)20-11(2)16-14(18)7-4-8-15(16)19/h3-11,20H,1-2H3/t10-,11?/m0/s1. The number of nitrogens with one attached hydrogen (secondary N) is 1. The quantitative estimate of drug-likeness (QED) is 0.813. The Morgan fingerprint density at radius 3 is 2.15 bits per heavy atom. The maximum absolute atomic E-state index is 13.7. The molecule has 0 heterocycles. The molecule has 2 aromatic rings. The fourth-order valence-corrected chi connectivity index (χ4v) is 2.67. The molecule has 0 amide bonds. The molecule has 0 fully saturated rings. The summed E-state index contributed by atoms with van der Waals surface area (Å²) in [4.78, 5) is 0. The van der Waals surface area contributed by atoms with Gasteiger partial charge >= 0.3 is 0 Å². The Balaban J connectivity index is 2.17. The van der Waals surface area contributed by atoms with Crippen molar-refractivity contribution in [1.29, 1.82) is 0 Å². The molecular weight excluding hydrogens is 324 g/mol. The lowest BCUT2D eigenvalue weighted by atomic mass is 10.0. The van der Waals surface area contributed by atoms with E-state index in [-0.39, 0.29) is 11.6 Å². The van der Waals surface area contributed by atoms with Crippen molar-refractivity contribution in [3.8, 4) is 0 Å². The van der Waals surface area contributed by atoms with E-state index in [1.807, 2.05) is 31.2 Å². The minimum Gasteiger partial charge on any atom is -0.303 e. The molecule has 0 saturated heterocycles. The van der Waals surface area contributed by atoms with E-state index in [1.165, 1.54) is 18.2 Å². The molecule has 0 radical (unpaired) electrons. The zero-order valence-corrected chi connectivity index (χ0v) is 12.9. The molecular formula is C16H16BrF2N. The second-order valence-corrected chi connectivity index (χ2v) is 5.72. The van der Waals surface area contributed by atoms with E-state index in [0.717, 1.165) is 10.0 Å². The van der Waals surface area contributed by atoms with Gasteiger partial charge in [-0.3, -0.25) is 0 Å². The Labute approximate surface area is 126 Å². The molecule has 0 aromatic heterocycles. The first-order valence-corrected chi connectivity index (χ1v) is 7.23. The fraction of sp³-hybridized carbons (Fsp3) is 0.250. The van der Waals surface area contributed by atoms with Crippen molar-refractivity contribution in [3.05, 3.63) is 69.7 Å². The molecule has 1 unspecified atom stereocenters. The summed E-state index contributed by atoms with van der Waals surface area (Å²) in [7, 11) is 0. The first kappa shape index (κ1) is 15.1. The maximum atomic E-state index is 13.7. The second-order valence-electron chi connectivity index (χ2n) is 4.80. The van der Waals surface area contributed by atoms with Gasteiger partial charge in [0.25, 0.3) is 0 Å². The number of rotatable bonds is 4. The second kappa shape index (κ2) is 6.46. The van der Waals surface area contributed by atoms with E-state index < -0.39 is 17.7 Å². The van der Waals surface area contributed by atoms with E-state index in [2.05, 4.69) is 21.2 Å². The van der Waals surface area contributed by atoms with Gasteiger partial charge in [0, 0.05) is 22.1 Å². The van der Waals surface area contributed by atoms with E-state index in [4.69, 9.17) is 0 Å². The predicted molar refractivity (Wildman–Crippen MR) is 80.5 cm³/mol. The van der Waals surface area contributed by atoms with Gasteiger partial charge in [-0.2, -0.15) is 0 Å². The van der Waals surface area contributed by atoms with Gasteiger partial charge in [-0.1, -0.05) is 34.1 Å². The average Bonchev–Trinajstić information content (AvgIpc) is 2.38. The Bertz CT molecular complexity index is 581. The van der Waals surface area contributed by atoms with Crippen molar-refractivity contribution < 1.29 is 8.78 Å². The Hall–Kier alpha value is -1.26. The van der Waals surface area contributed by atoms with Crippen LogP contribution in [-0.4, -0.2) is 0 Å². The molecule has 0 aliphatic heterocycles. The summed E-state index contributed by atoms with van der Waals surface area (Å²) in [5, 5.41) is 3.22. The topological polar surface area (TPSA) is 12.0 Å². The van der Waals surface area contributed by atoms with Crippen molar-refractivity contribution in [3.63, 3.8) is 0 Å². The number of hydrogen-bond donors (Lipinski definition) is 1. The summed E-state index contributed by atoms with van der Waals surface area (Å²) >= 11 is 3.42. The third kappa shape index (κ3) is 3.44. The van der Waals surface area contributed by atoms with Gasteiger partial charge in [0.2, 0.25) is 0 Å². The van der Waals surface area contributed by atoms with Crippen LogP contribution in [0, 0.1) is 11.6 Å². The van der Waals surface area contributed by atoms with E-state index in [0.29, 0.717) is 0 Å². The molecule has 0 aliphatic rings. The molecule has 1 N–H and O–H groups in total. The molecule has 2 rings (SSSR count). The highest BCUT2D eigenvalue weighted by Gasteiger charge is 2.18. The fourth-order valence-electron chi connectivity index (χ4n) is 2.25. The first-order chi connectivity index (χ1) is 9.49. The minimum absolute atomic E-state index is 0.0125. The lowest BCUT2D eigenvalue weighted by Crippen LogP contribution is -2.24. The van der Waals surface area contributed by atoms with E-state index in [1.54, 1.807) is 6.92 Å². The Morgan fingerprint density at radius 2 is 1.55 bits per heavy atom. The van der Waals surface area contributed by atoms with Crippen LogP contribution < -0.4 is 5.32 Å². The largest absolute Gasteiger partial charge is 0.303 e. The van der Waals surface area contributed by atoms with E-state index >= 15 is 0 Å². The average molecular weight is 340 g/mol. The Morgan fingerprint density at radius 1 is 0.950 bits per heavy atom. The minimum atomic E-state index is -0.522. The lowest BCUT2D eigenvalue weighted by molar-refractivity contribution is 0.450. The van der Waals surface area contributed by atoms with Gasteiger partial charge in [-0.15, -0.1) is 0 Å². The van der Waals surface area contributed by atoms with Gasteiger partial charge in [0.05, 0.1) is 0 Å². The number of benzene rings is 2. The van der Waals surface area contributed by atoms with Crippen LogP contribution in [0.5, 0.6) is 0 Å². The molecule has 20 heavy (non-hydrogen) atoms. The molecule has 0 spiro atoms. The van der Waals surface area contributed by atoms with Crippen LogP contribution in [0.1, 0.15) is 37.1 Å². The van der Waals surface area contributed by atoms with Crippen LogP contribution in [-0.2, 0) is 0 Å². The van der Waals surface area contributed by atoms with Gasteiger partial charge in [-0.25, -0.2) is 8.78 Å². The maximum Gasteiger partial charge on any atom is 0.130 e. The third-order valence-electron chi connectivity index (χ3n) is 3.28. The number of halogens is 3. The van der Waals surface area contributed by atoms with Crippen molar-refractivity contribution in [1.82, 2.24) is 5.32 Å². The van der Waals surface area contributed by atoms with Crippen molar-refractivity contribution >= 4 is 15.9 Å². The molecule has 0 aliphatic carbocycles. The zero-order valence-electron chi connectivity index (χ0n) is 11.3. The summed E-state index contributed by atoms with van der Waals surface area (Å²) in [5.41, 5.74) is 1.14. The van der Waals surface area contributed by atoms with E-state index in [9.17, 15) is 8.78 Å². The highest BCUT2D eigenvalue weighted by Crippen LogP contribution is 2.25. The van der Waals surface area contributed by atoms with Crippen LogP contribution >= 0.6 is 15.9 Å². The Kier molecular flexibility index (Phi) is 4.89.